The highest BCUT2D eigenvalue weighted by Gasteiger charge is 2.07. The summed E-state index contributed by atoms with van der Waals surface area (Å²) in [6, 6.07) is 15.3. The van der Waals surface area contributed by atoms with Gasteiger partial charge in [0.2, 0.25) is 0 Å². The van der Waals surface area contributed by atoms with Gasteiger partial charge < -0.3 is 0 Å². The molecule has 0 aliphatic rings. The highest BCUT2D eigenvalue weighted by Crippen LogP contribution is 1.98. The molecular weight excluding hydrogens is 200 g/mol. The summed E-state index contributed by atoms with van der Waals surface area (Å²) in [5.41, 5.74) is 3.78. The van der Waals surface area contributed by atoms with Crippen LogP contribution in [0.1, 0.15) is 5.56 Å². The van der Waals surface area contributed by atoms with Crippen molar-refractivity contribution in [2.75, 3.05) is 5.43 Å². The molecular formula is C13H13N2O+. The van der Waals surface area contributed by atoms with Crippen LogP contribution in [0.4, 0.5) is 0 Å². The number of amides is 1. The number of aromatic nitrogens is 1. The molecule has 3 nitrogen and oxygen atoms in total. The van der Waals surface area contributed by atoms with Crippen LogP contribution in [0.3, 0.4) is 0 Å². The lowest BCUT2D eigenvalue weighted by molar-refractivity contribution is -0.642. The average molecular weight is 213 g/mol. The summed E-state index contributed by atoms with van der Waals surface area (Å²) in [4.78, 5) is 11.6. The van der Waals surface area contributed by atoms with Crippen molar-refractivity contribution in [3.63, 3.8) is 0 Å². The van der Waals surface area contributed by atoms with Crippen molar-refractivity contribution in [1.29, 1.82) is 0 Å². The largest absolute Gasteiger partial charge is 0.279 e. The summed E-state index contributed by atoms with van der Waals surface area (Å²) < 4.78 is 1.64. The van der Waals surface area contributed by atoms with E-state index >= 15 is 0 Å². The number of pyridine rings is 1. The second kappa shape index (κ2) is 5.07. The van der Waals surface area contributed by atoms with Crippen LogP contribution in [0.5, 0.6) is 0 Å². The molecule has 0 aliphatic heterocycles. The Morgan fingerprint density at radius 1 is 1.00 bits per heavy atom. The third kappa shape index (κ3) is 2.92. The minimum atomic E-state index is -0.0256. The van der Waals surface area contributed by atoms with Gasteiger partial charge >= 0.3 is 0 Å². The molecule has 0 fully saturated rings. The summed E-state index contributed by atoms with van der Waals surface area (Å²) in [5, 5.41) is 0. The minimum Gasteiger partial charge on any atom is -0.269 e. The fourth-order valence-corrected chi connectivity index (χ4v) is 1.44. The van der Waals surface area contributed by atoms with Gasteiger partial charge in [-0.25, -0.2) is 0 Å². The van der Waals surface area contributed by atoms with E-state index in [2.05, 4.69) is 5.43 Å². The predicted octanol–water partition coefficient (Wildman–Crippen LogP) is 1.29. The zero-order chi connectivity index (χ0) is 11.2. The molecule has 1 heterocycles. The van der Waals surface area contributed by atoms with Gasteiger partial charge in [0.15, 0.2) is 12.4 Å². The standard InChI is InChI=1S/C13H12N2O/c16-13(11-12-7-3-1-4-8-12)14-15-9-5-2-6-10-15/h1-10H,11H2/p+1. The highest BCUT2D eigenvalue weighted by molar-refractivity contribution is 5.84. The van der Waals surface area contributed by atoms with Crippen LogP contribution in [-0.2, 0) is 11.2 Å². The maximum Gasteiger partial charge on any atom is 0.279 e. The van der Waals surface area contributed by atoms with Crippen molar-refractivity contribution in [3.05, 3.63) is 66.5 Å². The average Bonchev–Trinajstić information content (AvgIpc) is 2.31. The van der Waals surface area contributed by atoms with Gasteiger partial charge in [-0.3, -0.25) is 4.79 Å². The third-order valence-electron chi connectivity index (χ3n) is 2.18. The minimum absolute atomic E-state index is 0.0256. The van der Waals surface area contributed by atoms with Crippen LogP contribution in [0.25, 0.3) is 0 Å². The van der Waals surface area contributed by atoms with E-state index in [1.165, 1.54) is 0 Å². The Balaban J connectivity index is 1.95. The van der Waals surface area contributed by atoms with E-state index in [9.17, 15) is 4.79 Å². The van der Waals surface area contributed by atoms with E-state index < -0.39 is 0 Å². The smallest absolute Gasteiger partial charge is 0.269 e. The second-order valence-corrected chi connectivity index (χ2v) is 3.48. The van der Waals surface area contributed by atoms with Gasteiger partial charge in [0.25, 0.3) is 5.91 Å². The number of nitrogens with zero attached hydrogens (tertiary/aromatic N) is 1. The van der Waals surface area contributed by atoms with Gasteiger partial charge in [0, 0.05) is 12.1 Å². The van der Waals surface area contributed by atoms with Crippen molar-refractivity contribution in [1.82, 2.24) is 0 Å². The van der Waals surface area contributed by atoms with Crippen molar-refractivity contribution < 1.29 is 9.47 Å². The Morgan fingerprint density at radius 2 is 1.62 bits per heavy atom. The van der Waals surface area contributed by atoms with Gasteiger partial charge in [-0.05, 0) is 5.56 Å². The van der Waals surface area contributed by atoms with Crippen LogP contribution in [-0.4, -0.2) is 5.91 Å². The lowest BCUT2D eigenvalue weighted by Crippen LogP contribution is -2.48. The Kier molecular flexibility index (Phi) is 3.28. The monoisotopic (exact) mass is 213 g/mol. The van der Waals surface area contributed by atoms with Crippen LogP contribution in [0.15, 0.2) is 60.9 Å². The first kappa shape index (κ1) is 10.4. The molecule has 0 unspecified atom stereocenters. The van der Waals surface area contributed by atoms with E-state index in [1.54, 1.807) is 17.1 Å². The van der Waals surface area contributed by atoms with Gasteiger partial charge in [-0.1, -0.05) is 41.1 Å². The maximum atomic E-state index is 11.6. The summed E-state index contributed by atoms with van der Waals surface area (Å²) >= 11 is 0. The molecule has 0 aliphatic carbocycles. The quantitative estimate of drug-likeness (QED) is 0.766. The molecule has 0 atom stereocenters. The summed E-state index contributed by atoms with van der Waals surface area (Å²) in [7, 11) is 0. The number of carbonyl (C=O) groups excluding carboxylic acids is 1. The molecule has 1 amide bonds. The zero-order valence-corrected chi connectivity index (χ0v) is 8.84. The van der Waals surface area contributed by atoms with E-state index in [-0.39, 0.29) is 5.91 Å². The van der Waals surface area contributed by atoms with E-state index in [1.807, 2.05) is 48.5 Å². The molecule has 1 aromatic carbocycles. The van der Waals surface area contributed by atoms with Crippen LogP contribution in [0, 0.1) is 0 Å². The summed E-state index contributed by atoms with van der Waals surface area (Å²) in [6.45, 7) is 0. The first-order valence-corrected chi connectivity index (χ1v) is 5.15. The normalized spacial score (nSPS) is 9.75. The van der Waals surface area contributed by atoms with Gasteiger partial charge in [-0.2, -0.15) is 0 Å². The summed E-state index contributed by atoms with van der Waals surface area (Å²) in [5.74, 6) is -0.0256. The molecule has 2 rings (SSSR count). The number of hydrogen-bond donors (Lipinski definition) is 1. The summed E-state index contributed by atoms with van der Waals surface area (Å²) in [6.07, 6.45) is 3.98. The maximum absolute atomic E-state index is 11.6. The number of benzene rings is 1. The second-order valence-electron chi connectivity index (χ2n) is 3.48. The van der Waals surface area contributed by atoms with E-state index in [0.29, 0.717) is 6.42 Å². The Hall–Kier alpha value is -2.16. The van der Waals surface area contributed by atoms with Crippen molar-refractivity contribution >= 4 is 5.91 Å². The lowest BCUT2D eigenvalue weighted by Gasteiger charge is -1.99. The molecule has 1 N–H and O–H groups in total. The Labute approximate surface area is 94.3 Å². The van der Waals surface area contributed by atoms with Crippen molar-refractivity contribution in [2.45, 2.75) is 6.42 Å². The van der Waals surface area contributed by atoms with Crippen molar-refractivity contribution in [3.8, 4) is 0 Å². The molecule has 2 aromatic rings. The van der Waals surface area contributed by atoms with Crippen molar-refractivity contribution in [2.24, 2.45) is 0 Å². The van der Waals surface area contributed by atoms with E-state index in [0.717, 1.165) is 5.56 Å². The number of nitrogens with one attached hydrogen (secondary N) is 1. The number of hydrogen-bond acceptors (Lipinski definition) is 1. The molecule has 16 heavy (non-hydrogen) atoms. The van der Waals surface area contributed by atoms with Crippen LogP contribution < -0.4 is 10.1 Å². The molecule has 0 bridgehead atoms. The first-order chi connectivity index (χ1) is 7.84. The number of rotatable bonds is 3. The fraction of sp³-hybridized carbons (Fsp3) is 0.0769. The zero-order valence-electron chi connectivity index (χ0n) is 8.84. The van der Waals surface area contributed by atoms with Crippen LogP contribution >= 0.6 is 0 Å². The molecule has 1 aromatic heterocycles. The predicted molar refractivity (Wildman–Crippen MR) is 61.2 cm³/mol. The first-order valence-electron chi connectivity index (χ1n) is 5.15. The Morgan fingerprint density at radius 3 is 2.31 bits per heavy atom. The molecule has 0 saturated heterocycles. The topological polar surface area (TPSA) is 33.0 Å². The van der Waals surface area contributed by atoms with Gasteiger partial charge in [0.1, 0.15) is 0 Å². The molecule has 3 heteroatoms. The molecule has 0 radical (unpaired) electrons. The fourth-order valence-electron chi connectivity index (χ4n) is 1.44. The number of carbonyl (C=O) groups is 1. The third-order valence-corrected chi connectivity index (χ3v) is 2.18. The van der Waals surface area contributed by atoms with Crippen LogP contribution in [0.2, 0.25) is 0 Å². The SMILES string of the molecule is O=C(Cc1ccccc1)N[n+]1ccccc1. The Bertz CT molecular complexity index is 410. The molecule has 0 spiro atoms. The highest BCUT2D eigenvalue weighted by atomic mass is 16.2. The molecule has 0 saturated carbocycles. The lowest BCUT2D eigenvalue weighted by atomic mass is 10.1. The van der Waals surface area contributed by atoms with Gasteiger partial charge in [0.05, 0.1) is 6.42 Å². The molecule has 80 valence electrons. The van der Waals surface area contributed by atoms with E-state index in [4.69, 9.17) is 0 Å². The van der Waals surface area contributed by atoms with Gasteiger partial charge in [-0.15, -0.1) is 5.43 Å².